The SMILES string of the molecule is CCc1nc(-c2ccccc2F)nc(Cl)c1C. The summed E-state index contributed by atoms with van der Waals surface area (Å²) < 4.78 is 13.6. The lowest BCUT2D eigenvalue weighted by atomic mass is 10.1. The first-order valence-electron chi connectivity index (χ1n) is 5.41. The fraction of sp³-hybridized carbons (Fsp3) is 0.231. The summed E-state index contributed by atoms with van der Waals surface area (Å²) >= 11 is 6.03. The molecule has 17 heavy (non-hydrogen) atoms. The van der Waals surface area contributed by atoms with E-state index in [0.29, 0.717) is 16.5 Å². The third kappa shape index (κ3) is 2.29. The van der Waals surface area contributed by atoms with Gasteiger partial charge in [0.15, 0.2) is 5.82 Å². The third-order valence-electron chi connectivity index (χ3n) is 2.64. The Morgan fingerprint density at radius 3 is 2.59 bits per heavy atom. The first-order valence-corrected chi connectivity index (χ1v) is 5.79. The van der Waals surface area contributed by atoms with Crippen molar-refractivity contribution in [2.24, 2.45) is 0 Å². The van der Waals surface area contributed by atoms with Crippen molar-refractivity contribution in [3.05, 3.63) is 46.5 Å². The first kappa shape index (κ1) is 12.0. The number of benzene rings is 1. The number of rotatable bonds is 2. The molecule has 0 amide bonds. The number of aromatic nitrogens is 2. The van der Waals surface area contributed by atoms with Crippen molar-refractivity contribution in [1.82, 2.24) is 9.97 Å². The highest BCUT2D eigenvalue weighted by Crippen LogP contribution is 2.23. The second-order valence-electron chi connectivity index (χ2n) is 3.74. The Bertz CT molecular complexity index is 555. The Morgan fingerprint density at radius 2 is 1.94 bits per heavy atom. The average Bonchev–Trinajstić information content (AvgIpc) is 2.33. The van der Waals surface area contributed by atoms with Gasteiger partial charge in [-0.2, -0.15) is 0 Å². The maximum atomic E-state index is 13.6. The molecule has 2 nitrogen and oxygen atoms in total. The van der Waals surface area contributed by atoms with Crippen LogP contribution in [-0.2, 0) is 6.42 Å². The maximum absolute atomic E-state index is 13.6. The van der Waals surface area contributed by atoms with Gasteiger partial charge < -0.3 is 0 Å². The van der Waals surface area contributed by atoms with Crippen LogP contribution in [0.2, 0.25) is 5.15 Å². The van der Waals surface area contributed by atoms with Gasteiger partial charge in [0, 0.05) is 11.3 Å². The maximum Gasteiger partial charge on any atom is 0.164 e. The van der Waals surface area contributed by atoms with Crippen molar-refractivity contribution in [3.63, 3.8) is 0 Å². The minimum atomic E-state index is -0.338. The molecule has 0 aliphatic heterocycles. The molecule has 0 fully saturated rings. The molecule has 1 heterocycles. The van der Waals surface area contributed by atoms with Gasteiger partial charge in [-0.1, -0.05) is 30.7 Å². The van der Waals surface area contributed by atoms with E-state index in [4.69, 9.17) is 11.6 Å². The second-order valence-corrected chi connectivity index (χ2v) is 4.10. The standard InChI is InChI=1S/C13H12ClFN2/c1-3-11-8(2)12(14)17-13(16-11)9-6-4-5-7-10(9)15/h4-7H,3H2,1-2H3. The summed E-state index contributed by atoms with van der Waals surface area (Å²) in [4.78, 5) is 8.47. The molecular formula is C13H12ClFN2. The van der Waals surface area contributed by atoms with Gasteiger partial charge in [0.05, 0.1) is 5.56 Å². The monoisotopic (exact) mass is 250 g/mol. The topological polar surface area (TPSA) is 25.8 Å². The highest BCUT2D eigenvalue weighted by molar-refractivity contribution is 6.30. The van der Waals surface area contributed by atoms with Crippen LogP contribution in [0, 0.1) is 12.7 Å². The van der Waals surface area contributed by atoms with Gasteiger partial charge in [-0.15, -0.1) is 0 Å². The van der Waals surface area contributed by atoms with Gasteiger partial charge in [-0.3, -0.25) is 0 Å². The van der Waals surface area contributed by atoms with Crippen molar-refractivity contribution in [2.45, 2.75) is 20.3 Å². The molecule has 2 aromatic rings. The molecule has 0 radical (unpaired) electrons. The number of hydrogen-bond donors (Lipinski definition) is 0. The third-order valence-corrected chi connectivity index (χ3v) is 3.00. The molecule has 1 aromatic carbocycles. The zero-order chi connectivity index (χ0) is 12.4. The van der Waals surface area contributed by atoms with Gasteiger partial charge >= 0.3 is 0 Å². The molecule has 0 unspecified atom stereocenters. The van der Waals surface area contributed by atoms with Crippen LogP contribution in [0.3, 0.4) is 0 Å². The van der Waals surface area contributed by atoms with Crippen molar-refractivity contribution in [3.8, 4) is 11.4 Å². The summed E-state index contributed by atoms with van der Waals surface area (Å²) in [7, 11) is 0. The van der Waals surface area contributed by atoms with E-state index < -0.39 is 0 Å². The van der Waals surface area contributed by atoms with Crippen LogP contribution < -0.4 is 0 Å². The van der Waals surface area contributed by atoms with E-state index in [-0.39, 0.29) is 5.82 Å². The van der Waals surface area contributed by atoms with E-state index in [1.165, 1.54) is 6.07 Å². The highest BCUT2D eigenvalue weighted by Gasteiger charge is 2.12. The lowest BCUT2D eigenvalue weighted by Crippen LogP contribution is -2.00. The minimum absolute atomic E-state index is 0.338. The van der Waals surface area contributed by atoms with Crippen molar-refractivity contribution in [2.75, 3.05) is 0 Å². The number of halogens is 2. The van der Waals surface area contributed by atoms with Crippen LogP contribution >= 0.6 is 11.6 Å². The van der Waals surface area contributed by atoms with Crippen molar-refractivity contribution in [1.29, 1.82) is 0 Å². The molecular weight excluding hydrogens is 239 g/mol. The molecule has 2 rings (SSSR count). The number of aryl methyl sites for hydroxylation is 1. The predicted molar refractivity (Wildman–Crippen MR) is 66.6 cm³/mol. The van der Waals surface area contributed by atoms with Crippen LogP contribution in [0.25, 0.3) is 11.4 Å². The molecule has 4 heteroatoms. The molecule has 0 saturated carbocycles. The van der Waals surface area contributed by atoms with Gasteiger partial charge in [0.25, 0.3) is 0 Å². The molecule has 0 aliphatic carbocycles. The molecule has 0 bridgehead atoms. The Labute approximate surface area is 104 Å². The van der Waals surface area contributed by atoms with E-state index in [2.05, 4.69) is 9.97 Å². The molecule has 1 aromatic heterocycles. The molecule has 0 saturated heterocycles. The summed E-state index contributed by atoms with van der Waals surface area (Å²) in [5.74, 6) is 0.00465. The van der Waals surface area contributed by atoms with E-state index >= 15 is 0 Å². The van der Waals surface area contributed by atoms with Gasteiger partial charge in [-0.05, 0) is 25.5 Å². The summed E-state index contributed by atoms with van der Waals surface area (Å²) in [6.07, 6.45) is 0.746. The lowest BCUT2D eigenvalue weighted by Gasteiger charge is -2.08. The zero-order valence-corrected chi connectivity index (χ0v) is 10.4. The zero-order valence-electron chi connectivity index (χ0n) is 9.67. The van der Waals surface area contributed by atoms with E-state index in [9.17, 15) is 4.39 Å². The van der Waals surface area contributed by atoms with Crippen molar-refractivity contribution < 1.29 is 4.39 Å². The van der Waals surface area contributed by atoms with E-state index in [1.807, 2.05) is 13.8 Å². The van der Waals surface area contributed by atoms with E-state index in [1.54, 1.807) is 18.2 Å². The van der Waals surface area contributed by atoms with Crippen LogP contribution in [0.15, 0.2) is 24.3 Å². The van der Waals surface area contributed by atoms with Crippen LogP contribution in [0.5, 0.6) is 0 Å². The quantitative estimate of drug-likeness (QED) is 0.758. The van der Waals surface area contributed by atoms with E-state index in [0.717, 1.165) is 17.7 Å². The predicted octanol–water partition coefficient (Wildman–Crippen LogP) is 3.81. The average molecular weight is 251 g/mol. The highest BCUT2D eigenvalue weighted by atomic mass is 35.5. The second kappa shape index (κ2) is 4.80. The minimum Gasteiger partial charge on any atom is -0.233 e. The summed E-state index contributed by atoms with van der Waals surface area (Å²) in [6.45, 7) is 3.85. The summed E-state index contributed by atoms with van der Waals surface area (Å²) in [5, 5.41) is 0.384. The first-order chi connectivity index (χ1) is 8.13. The Morgan fingerprint density at radius 1 is 1.24 bits per heavy atom. The Balaban J connectivity index is 2.61. The molecule has 0 N–H and O–H groups in total. The molecule has 88 valence electrons. The fourth-order valence-corrected chi connectivity index (χ4v) is 1.83. The molecule has 0 aliphatic rings. The van der Waals surface area contributed by atoms with Crippen molar-refractivity contribution >= 4 is 11.6 Å². The molecule has 0 spiro atoms. The fourth-order valence-electron chi connectivity index (χ4n) is 1.64. The van der Waals surface area contributed by atoms with Gasteiger partial charge in [0.1, 0.15) is 11.0 Å². The number of nitrogens with zero attached hydrogens (tertiary/aromatic N) is 2. The van der Waals surface area contributed by atoms with Gasteiger partial charge in [-0.25, -0.2) is 14.4 Å². The smallest absolute Gasteiger partial charge is 0.164 e. The summed E-state index contributed by atoms with van der Waals surface area (Å²) in [6, 6.07) is 6.42. The van der Waals surface area contributed by atoms with Crippen LogP contribution in [0.4, 0.5) is 4.39 Å². The largest absolute Gasteiger partial charge is 0.233 e. The van der Waals surface area contributed by atoms with Gasteiger partial charge in [0.2, 0.25) is 0 Å². The lowest BCUT2D eigenvalue weighted by molar-refractivity contribution is 0.629. The van der Waals surface area contributed by atoms with Crippen LogP contribution in [0.1, 0.15) is 18.2 Å². The van der Waals surface area contributed by atoms with Crippen LogP contribution in [-0.4, -0.2) is 9.97 Å². The Hall–Kier alpha value is -1.48. The Kier molecular flexibility index (Phi) is 3.38. The molecule has 0 atom stereocenters. The normalized spacial score (nSPS) is 10.6. The number of hydrogen-bond acceptors (Lipinski definition) is 2. The summed E-state index contributed by atoms with van der Waals surface area (Å²) in [5.41, 5.74) is 2.08.